The summed E-state index contributed by atoms with van der Waals surface area (Å²) >= 11 is 0. The fourth-order valence-electron chi connectivity index (χ4n) is 2.38. The second-order valence-corrected chi connectivity index (χ2v) is 4.58. The summed E-state index contributed by atoms with van der Waals surface area (Å²) in [7, 11) is 1.53. The average Bonchev–Trinajstić information content (AvgIpc) is 2.70. The van der Waals surface area contributed by atoms with Gasteiger partial charge in [0, 0.05) is 19.7 Å². The first-order chi connectivity index (χ1) is 8.58. The zero-order chi connectivity index (χ0) is 13.3. The van der Waals surface area contributed by atoms with Gasteiger partial charge in [0.2, 0.25) is 0 Å². The van der Waals surface area contributed by atoms with Crippen LogP contribution in [0.3, 0.4) is 0 Å². The van der Waals surface area contributed by atoms with Gasteiger partial charge in [0.15, 0.2) is 23.3 Å². The largest absolute Gasteiger partial charge is 0.394 e. The van der Waals surface area contributed by atoms with Gasteiger partial charge in [0.1, 0.15) is 0 Å². The van der Waals surface area contributed by atoms with Gasteiger partial charge in [-0.2, -0.15) is 0 Å². The molecule has 1 fully saturated rings. The number of hydrogen-bond donors (Lipinski definition) is 2. The van der Waals surface area contributed by atoms with E-state index < -0.39 is 11.6 Å². The van der Waals surface area contributed by atoms with E-state index in [0.29, 0.717) is 6.54 Å². The molecule has 0 aliphatic carbocycles. The van der Waals surface area contributed by atoms with E-state index in [0.717, 1.165) is 12.5 Å². The van der Waals surface area contributed by atoms with Gasteiger partial charge < -0.3 is 15.3 Å². The predicted octanol–water partition coefficient (Wildman–Crippen LogP) is 1.61. The zero-order valence-corrected chi connectivity index (χ0v) is 10.5. The van der Waals surface area contributed by atoms with Gasteiger partial charge in [-0.05, 0) is 12.3 Å². The maximum atomic E-state index is 13.8. The van der Waals surface area contributed by atoms with Gasteiger partial charge in [-0.1, -0.05) is 6.92 Å². The minimum Gasteiger partial charge on any atom is -0.394 e. The number of aliphatic hydroxyl groups excluding tert-OH is 1. The number of nitrogens with one attached hydrogen (secondary N) is 1. The highest BCUT2D eigenvalue weighted by atomic mass is 19.1. The summed E-state index contributed by atoms with van der Waals surface area (Å²) in [5.74, 6) is -1.03. The highest BCUT2D eigenvalue weighted by Crippen LogP contribution is 2.31. The van der Waals surface area contributed by atoms with Gasteiger partial charge in [0.05, 0.1) is 12.6 Å². The van der Waals surface area contributed by atoms with Gasteiger partial charge >= 0.3 is 0 Å². The molecule has 1 saturated heterocycles. The van der Waals surface area contributed by atoms with Crippen molar-refractivity contribution in [2.45, 2.75) is 19.4 Å². The van der Waals surface area contributed by atoms with E-state index in [1.54, 1.807) is 4.90 Å². The summed E-state index contributed by atoms with van der Waals surface area (Å²) in [4.78, 5) is 5.67. The number of nitrogens with zero attached hydrogens (tertiary/aromatic N) is 2. The average molecular weight is 257 g/mol. The molecular formula is C12H17F2N3O. The molecule has 1 aliphatic rings. The van der Waals surface area contributed by atoms with Crippen molar-refractivity contribution >= 4 is 11.6 Å². The van der Waals surface area contributed by atoms with Crippen LogP contribution in [0.2, 0.25) is 0 Å². The highest BCUT2D eigenvalue weighted by Gasteiger charge is 2.33. The molecule has 0 bridgehead atoms. The Labute approximate surface area is 105 Å². The normalized spacial score (nSPS) is 23.5. The number of hydrogen-bond acceptors (Lipinski definition) is 4. The van der Waals surface area contributed by atoms with Crippen molar-refractivity contribution in [3.05, 3.63) is 17.7 Å². The van der Waals surface area contributed by atoms with Crippen LogP contribution in [-0.2, 0) is 0 Å². The number of pyridine rings is 1. The summed E-state index contributed by atoms with van der Waals surface area (Å²) < 4.78 is 27.1. The molecule has 2 N–H and O–H groups in total. The Hall–Kier alpha value is -1.43. The Morgan fingerprint density at radius 3 is 2.83 bits per heavy atom. The number of anilines is 2. The van der Waals surface area contributed by atoms with E-state index in [2.05, 4.69) is 10.3 Å². The zero-order valence-electron chi connectivity index (χ0n) is 10.5. The topological polar surface area (TPSA) is 48.4 Å². The standard InChI is InChI=1S/C12H17F2N3O/c1-7-3-4-17(10(7)6-18)12-9(14)5-8(13)11(15-2)16-12/h5,7,10,18H,3-4,6H2,1-2H3,(H,15,16). The first-order valence-corrected chi connectivity index (χ1v) is 5.99. The fraction of sp³-hybridized carbons (Fsp3) is 0.583. The van der Waals surface area contributed by atoms with E-state index in [9.17, 15) is 13.9 Å². The molecule has 2 unspecified atom stereocenters. The molecule has 0 aromatic carbocycles. The third-order valence-corrected chi connectivity index (χ3v) is 3.49. The van der Waals surface area contributed by atoms with Gasteiger partial charge in [-0.15, -0.1) is 0 Å². The maximum absolute atomic E-state index is 13.8. The van der Waals surface area contributed by atoms with Crippen LogP contribution in [0.15, 0.2) is 6.07 Å². The SMILES string of the molecule is CNc1nc(N2CCC(C)C2CO)c(F)cc1F. The highest BCUT2D eigenvalue weighted by molar-refractivity contribution is 5.50. The van der Waals surface area contributed by atoms with Crippen LogP contribution in [0, 0.1) is 17.6 Å². The molecule has 0 spiro atoms. The molecule has 1 aliphatic heterocycles. The van der Waals surface area contributed by atoms with Crippen molar-refractivity contribution in [1.29, 1.82) is 0 Å². The first kappa shape index (κ1) is 13.0. The quantitative estimate of drug-likeness (QED) is 0.863. The Morgan fingerprint density at radius 2 is 2.22 bits per heavy atom. The van der Waals surface area contributed by atoms with Crippen LogP contribution < -0.4 is 10.2 Å². The molecule has 0 saturated carbocycles. The second kappa shape index (κ2) is 5.06. The predicted molar refractivity (Wildman–Crippen MR) is 65.7 cm³/mol. The summed E-state index contributed by atoms with van der Waals surface area (Å²) in [5.41, 5.74) is 0. The van der Waals surface area contributed by atoms with Crippen LogP contribution in [-0.4, -0.2) is 36.3 Å². The molecule has 100 valence electrons. The molecule has 1 aromatic heterocycles. The van der Waals surface area contributed by atoms with Crippen molar-refractivity contribution in [3.8, 4) is 0 Å². The maximum Gasteiger partial charge on any atom is 0.168 e. The summed E-state index contributed by atoms with van der Waals surface area (Å²) in [6.45, 7) is 2.56. The van der Waals surface area contributed by atoms with E-state index >= 15 is 0 Å². The molecule has 0 amide bonds. The van der Waals surface area contributed by atoms with Crippen molar-refractivity contribution in [3.63, 3.8) is 0 Å². The lowest BCUT2D eigenvalue weighted by Gasteiger charge is -2.26. The van der Waals surface area contributed by atoms with Crippen LogP contribution in [0.25, 0.3) is 0 Å². The monoisotopic (exact) mass is 257 g/mol. The molecule has 6 heteroatoms. The summed E-state index contributed by atoms with van der Waals surface area (Å²) in [6, 6.07) is 0.660. The summed E-state index contributed by atoms with van der Waals surface area (Å²) in [6.07, 6.45) is 0.860. The molecule has 4 nitrogen and oxygen atoms in total. The fourth-order valence-corrected chi connectivity index (χ4v) is 2.38. The molecule has 2 rings (SSSR count). The minimum absolute atomic E-state index is 0.0163. The third-order valence-electron chi connectivity index (χ3n) is 3.49. The molecule has 2 heterocycles. The number of aromatic nitrogens is 1. The van der Waals surface area contributed by atoms with Crippen molar-refractivity contribution in [2.24, 2.45) is 5.92 Å². The molecular weight excluding hydrogens is 240 g/mol. The lowest BCUT2D eigenvalue weighted by Crippen LogP contribution is -2.36. The van der Waals surface area contributed by atoms with Gasteiger partial charge in [-0.3, -0.25) is 0 Å². The Morgan fingerprint density at radius 1 is 1.50 bits per heavy atom. The van der Waals surface area contributed by atoms with E-state index in [1.165, 1.54) is 7.05 Å². The Bertz CT molecular complexity index is 442. The van der Waals surface area contributed by atoms with Crippen LogP contribution in [0.1, 0.15) is 13.3 Å². The second-order valence-electron chi connectivity index (χ2n) is 4.58. The lowest BCUT2D eigenvalue weighted by atomic mass is 10.0. The number of rotatable bonds is 3. The lowest BCUT2D eigenvalue weighted by molar-refractivity contribution is 0.244. The van der Waals surface area contributed by atoms with E-state index in [4.69, 9.17) is 0 Å². The molecule has 1 aromatic rings. The number of halogens is 2. The van der Waals surface area contributed by atoms with Crippen molar-refractivity contribution < 1.29 is 13.9 Å². The minimum atomic E-state index is -0.716. The van der Waals surface area contributed by atoms with Crippen LogP contribution >= 0.6 is 0 Å². The molecule has 2 atom stereocenters. The first-order valence-electron chi connectivity index (χ1n) is 5.99. The Kier molecular flexibility index (Phi) is 3.65. The molecule has 18 heavy (non-hydrogen) atoms. The summed E-state index contributed by atoms with van der Waals surface area (Å²) in [5, 5.41) is 11.9. The third kappa shape index (κ3) is 2.12. The van der Waals surface area contributed by atoms with Gasteiger partial charge in [0.25, 0.3) is 0 Å². The van der Waals surface area contributed by atoms with Crippen LogP contribution in [0.4, 0.5) is 20.4 Å². The van der Waals surface area contributed by atoms with E-state index in [-0.39, 0.29) is 30.2 Å². The molecule has 0 radical (unpaired) electrons. The Balaban J connectivity index is 2.38. The number of aliphatic hydroxyl groups is 1. The van der Waals surface area contributed by atoms with Crippen molar-refractivity contribution in [1.82, 2.24) is 4.98 Å². The van der Waals surface area contributed by atoms with Crippen molar-refractivity contribution in [2.75, 3.05) is 30.4 Å². The van der Waals surface area contributed by atoms with E-state index in [1.807, 2.05) is 6.92 Å². The smallest absolute Gasteiger partial charge is 0.168 e. The van der Waals surface area contributed by atoms with Gasteiger partial charge in [-0.25, -0.2) is 13.8 Å². The van der Waals surface area contributed by atoms with Crippen LogP contribution in [0.5, 0.6) is 0 Å².